The van der Waals surface area contributed by atoms with Crippen LogP contribution in [0.4, 0.5) is 5.82 Å². The zero-order valence-electron chi connectivity index (χ0n) is 10.00. The highest BCUT2D eigenvalue weighted by molar-refractivity contribution is 5.67. The second-order valence-corrected chi connectivity index (χ2v) is 4.05. The first kappa shape index (κ1) is 10.7. The van der Waals surface area contributed by atoms with Crippen LogP contribution in [0.5, 0.6) is 5.75 Å². The van der Waals surface area contributed by atoms with E-state index in [0.717, 1.165) is 22.5 Å². The average Bonchev–Trinajstić information content (AvgIpc) is 2.84. The smallest absolute Gasteiger partial charge is 0.125 e. The minimum absolute atomic E-state index is 0.632. The third kappa shape index (κ3) is 1.68. The molecule has 0 bridgehead atoms. The molecular formula is C14H13N3O. The summed E-state index contributed by atoms with van der Waals surface area (Å²) in [5.41, 5.74) is 8.80. The molecule has 2 N–H and O–H groups in total. The van der Waals surface area contributed by atoms with Crippen LogP contribution in [0, 0.1) is 0 Å². The van der Waals surface area contributed by atoms with Crippen molar-refractivity contribution in [1.29, 1.82) is 0 Å². The molecule has 0 saturated heterocycles. The Morgan fingerprint density at radius 1 is 1.11 bits per heavy atom. The molecular weight excluding hydrogens is 226 g/mol. The topological polar surface area (TPSA) is 52.5 Å². The van der Waals surface area contributed by atoms with E-state index in [1.54, 1.807) is 11.6 Å². The Hall–Kier alpha value is -2.49. The maximum Gasteiger partial charge on any atom is 0.125 e. The van der Waals surface area contributed by atoms with E-state index in [4.69, 9.17) is 10.5 Å². The fraction of sp³-hybridized carbons (Fsp3) is 0.0714. The first-order chi connectivity index (χ1) is 8.78. The Bertz CT molecular complexity index is 686. The van der Waals surface area contributed by atoms with Crippen molar-refractivity contribution < 1.29 is 4.74 Å². The van der Waals surface area contributed by atoms with Crippen LogP contribution in [0.1, 0.15) is 0 Å². The summed E-state index contributed by atoms with van der Waals surface area (Å²) in [6, 6.07) is 15.6. The van der Waals surface area contributed by atoms with Crippen molar-refractivity contribution in [2.75, 3.05) is 12.8 Å². The summed E-state index contributed by atoms with van der Waals surface area (Å²) < 4.78 is 6.87. The number of hydrogen-bond acceptors (Lipinski definition) is 3. The molecule has 0 fully saturated rings. The molecule has 3 aromatic rings. The van der Waals surface area contributed by atoms with Gasteiger partial charge in [-0.2, -0.15) is 5.10 Å². The molecule has 18 heavy (non-hydrogen) atoms. The summed E-state index contributed by atoms with van der Waals surface area (Å²) in [6.45, 7) is 0. The number of hydrogen-bond donors (Lipinski definition) is 1. The Morgan fingerprint density at radius 3 is 2.56 bits per heavy atom. The van der Waals surface area contributed by atoms with E-state index in [1.165, 1.54) is 0 Å². The van der Waals surface area contributed by atoms with Gasteiger partial charge >= 0.3 is 0 Å². The number of nitrogens with zero attached hydrogens (tertiary/aromatic N) is 2. The summed E-state index contributed by atoms with van der Waals surface area (Å²) in [5.74, 6) is 1.47. The van der Waals surface area contributed by atoms with Crippen molar-refractivity contribution in [2.45, 2.75) is 0 Å². The van der Waals surface area contributed by atoms with E-state index in [0.29, 0.717) is 5.82 Å². The lowest BCUT2D eigenvalue weighted by atomic mass is 10.1. The van der Waals surface area contributed by atoms with Crippen LogP contribution < -0.4 is 10.5 Å². The number of nitrogen functional groups attached to an aromatic ring is 1. The lowest BCUT2D eigenvalue weighted by Gasteiger charge is -2.00. The molecule has 0 unspecified atom stereocenters. The van der Waals surface area contributed by atoms with E-state index in [1.807, 2.05) is 48.5 Å². The zero-order valence-corrected chi connectivity index (χ0v) is 10.00. The molecule has 4 heteroatoms. The summed E-state index contributed by atoms with van der Waals surface area (Å²) in [4.78, 5) is 0. The number of nitrogens with two attached hydrogens (primary N) is 1. The highest BCUT2D eigenvalue weighted by Gasteiger charge is 2.05. The maximum absolute atomic E-state index is 5.87. The number of anilines is 1. The van der Waals surface area contributed by atoms with Gasteiger partial charge in [-0.05, 0) is 42.5 Å². The predicted molar refractivity (Wildman–Crippen MR) is 71.6 cm³/mol. The predicted octanol–water partition coefficient (Wildman–Crippen LogP) is 2.59. The number of fused-ring (bicyclic) bond motifs is 1. The van der Waals surface area contributed by atoms with Crippen molar-refractivity contribution in [1.82, 2.24) is 9.61 Å². The first-order valence-corrected chi connectivity index (χ1v) is 5.66. The quantitative estimate of drug-likeness (QED) is 0.747. The van der Waals surface area contributed by atoms with Crippen LogP contribution in [-0.4, -0.2) is 16.7 Å². The number of rotatable bonds is 2. The first-order valence-electron chi connectivity index (χ1n) is 5.66. The molecule has 0 atom stereocenters. The van der Waals surface area contributed by atoms with Gasteiger partial charge in [-0.15, -0.1) is 0 Å². The number of methoxy groups -OCH3 is 1. The van der Waals surface area contributed by atoms with Gasteiger partial charge in [-0.25, -0.2) is 4.52 Å². The van der Waals surface area contributed by atoms with Crippen molar-refractivity contribution in [3.8, 4) is 17.0 Å². The minimum Gasteiger partial charge on any atom is -0.497 e. The summed E-state index contributed by atoms with van der Waals surface area (Å²) in [5, 5.41) is 4.49. The molecule has 3 rings (SSSR count). The van der Waals surface area contributed by atoms with E-state index in [9.17, 15) is 0 Å². The van der Waals surface area contributed by atoms with E-state index < -0.39 is 0 Å². The summed E-state index contributed by atoms with van der Waals surface area (Å²) in [7, 11) is 1.65. The molecule has 2 aromatic heterocycles. The second-order valence-electron chi connectivity index (χ2n) is 4.05. The van der Waals surface area contributed by atoms with Gasteiger partial charge in [0.15, 0.2) is 0 Å². The van der Waals surface area contributed by atoms with Crippen LogP contribution in [-0.2, 0) is 0 Å². The van der Waals surface area contributed by atoms with Gasteiger partial charge in [0.05, 0.1) is 18.3 Å². The van der Waals surface area contributed by atoms with Gasteiger partial charge < -0.3 is 10.5 Å². The zero-order chi connectivity index (χ0) is 12.5. The molecule has 4 nitrogen and oxygen atoms in total. The van der Waals surface area contributed by atoms with Crippen LogP contribution in [0.2, 0.25) is 0 Å². The third-order valence-corrected chi connectivity index (χ3v) is 2.90. The molecule has 0 amide bonds. The Morgan fingerprint density at radius 2 is 1.89 bits per heavy atom. The average molecular weight is 239 g/mol. The molecule has 0 radical (unpaired) electrons. The molecule has 2 heterocycles. The number of ether oxygens (including phenoxy) is 1. The normalized spacial score (nSPS) is 10.7. The molecule has 90 valence electrons. The lowest BCUT2D eigenvalue weighted by Crippen LogP contribution is -1.96. The van der Waals surface area contributed by atoms with E-state index in [2.05, 4.69) is 5.10 Å². The standard InChI is InChI=1S/C14H13N3O/c1-18-12-7-5-10(6-8-12)13-9-11-3-2-4-14(15)17(11)16-13/h2-9H,15H2,1H3. The molecule has 0 aliphatic carbocycles. The van der Waals surface area contributed by atoms with E-state index in [-0.39, 0.29) is 0 Å². The molecule has 1 aromatic carbocycles. The van der Waals surface area contributed by atoms with Crippen molar-refractivity contribution in [3.05, 3.63) is 48.5 Å². The summed E-state index contributed by atoms with van der Waals surface area (Å²) in [6.07, 6.45) is 0. The minimum atomic E-state index is 0.632. The van der Waals surface area contributed by atoms with Gasteiger partial charge in [0, 0.05) is 5.56 Å². The second kappa shape index (κ2) is 4.07. The van der Waals surface area contributed by atoms with Crippen LogP contribution in [0.3, 0.4) is 0 Å². The van der Waals surface area contributed by atoms with Crippen LogP contribution >= 0.6 is 0 Å². The Labute approximate surface area is 105 Å². The van der Waals surface area contributed by atoms with Gasteiger partial charge in [-0.3, -0.25) is 0 Å². The number of benzene rings is 1. The fourth-order valence-electron chi connectivity index (χ4n) is 1.94. The largest absolute Gasteiger partial charge is 0.497 e. The number of pyridine rings is 1. The van der Waals surface area contributed by atoms with Gasteiger partial charge in [0.25, 0.3) is 0 Å². The molecule has 0 aliphatic rings. The third-order valence-electron chi connectivity index (χ3n) is 2.90. The van der Waals surface area contributed by atoms with Crippen molar-refractivity contribution in [2.24, 2.45) is 0 Å². The van der Waals surface area contributed by atoms with Crippen LogP contribution in [0.25, 0.3) is 16.8 Å². The number of aromatic nitrogens is 2. The fourth-order valence-corrected chi connectivity index (χ4v) is 1.94. The Kier molecular flexibility index (Phi) is 2.41. The van der Waals surface area contributed by atoms with Crippen molar-refractivity contribution >= 4 is 11.3 Å². The van der Waals surface area contributed by atoms with Crippen molar-refractivity contribution in [3.63, 3.8) is 0 Å². The SMILES string of the molecule is COc1ccc(-c2cc3cccc(N)n3n2)cc1. The molecule has 0 aliphatic heterocycles. The van der Waals surface area contributed by atoms with E-state index >= 15 is 0 Å². The highest BCUT2D eigenvalue weighted by Crippen LogP contribution is 2.23. The monoisotopic (exact) mass is 239 g/mol. The lowest BCUT2D eigenvalue weighted by molar-refractivity contribution is 0.415. The van der Waals surface area contributed by atoms with Gasteiger partial charge in [0.1, 0.15) is 11.6 Å². The summed E-state index contributed by atoms with van der Waals surface area (Å²) >= 11 is 0. The molecule has 0 saturated carbocycles. The maximum atomic E-state index is 5.87. The van der Waals surface area contributed by atoms with Crippen LogP contribution in [0.15, 0.2) is 48.5 Å². The Balaban J connectivity index is 2.10. The van der Waals surface area contributed by atoms with Gasteiger partial charge in [-0.1, -0.05) is 6.07 Å². The molecule has 0 spiro atoms. The van der Waals surface area contributed by atoms with Gasteiger partial charge in [0.2, 0.25) is 0 Å². The highest BCUT2D eigenvalue weighted by atomic mass is 16.5.